The van der Waals surface area contributed by atoms with Crippen molar-refractivity contribution in [3.05, 3.63) is 95.2 Å². The number of benzene rings is 3. The second kappa shape index (κ2) is 10.7. The second-order valence-electron chi connectivity index (χ2n) is 10.6. The van der Waals surface area contributed by atoms with E-state index in [1.54, 1.807) is 0 Å². The minimum absolute atomic E-state index is 0.379. The Morgan fingerprint density at radius 1 is 0.947 bits per heavy atom. The Bertz CT molecular complexity index is 1500. The van der Waals surface area contributed by atoms with Crippen molar-refractivity contribution in [2.24, 2.45) is 0 Å². The van der Waals surface area contributed by atoms with E-state index in [0.717, 1.165) is 51.3 Å². The predicted molar refractivity (Wildman–Crippen MR) is 168 cm³/mol. The molecule has 0 saturated carbocycles. The van der Waals surface area contributed by atoms with E-state index in [-0.39, 0.29) is 11.2 Å². The van der Waals surface area contributed by atoms with Gasteiger partial charge in [0.1, 0.15) is 6.29 Å². The number of carbonyl (C=O) groups excluding carboxylic acids is 1. The van der Waals surface area contributed by atoms with Gasteiger partial charge in [0, 0.05) is 10.9 Å². The third kappa shape index (κ3) is 5.02. The molecule has 3 aromatic carbocycles. The largest absolute Gasteiger partial charge is 0.494 e. The lowest BCUT2D eigenvalue weighted by Crippen LogP contribution is -2.41. The molecule has 1 saturated heterocycles. The number of halogens is 1. The summed E-state index contributed by atoms with van der Waals surface area (Å²) < 4.78 is 14.6. The van der Waals surface area contributed by atoms with Crippen LogP contribution in [0.3, 0.4) is 0 Å². The van der Waals surface area contributed by atoms with Gasteiger partial charge in [-0.3, -0.25) is 4.79 Å². The van der Waals surface area contributed by atoms with Gasteiger partial charge in [-0.15, -0.1) is 0 Å². The molecule has 1 aliphatic rings. The van der Waals surface area contributed by atoms with Crippen molar-refractivity contribution in [1.82, 2.24) is 9.55 Å². The van der Waals surface area contributed by atoms with Crippen LogP contribution in [-0.2, 0) is 9.31 Å². The van der Waals surface area contributed by atoms with Crippen LogP contribution in [0.25, 0.3) is 22.0 Å². The molecule has 1 atom stereocenters. The number of fused-ring (bicyclic) bond motifs is 1. The Kier molecular flexibility index (Phi) is 7.67. The zero-order valence-corrected chi connectivity index (χ0v) is 25.4. The van der Waals surface area contributed by atoms with Crippen LogP contribution in [0, 0.1) is 0 Å². The van der Waals surface area contributed by atoms with Crippen LogP contribution >= 0.6 is 28.4 Å². The fourth-order valence-electron chi connectivity index (χ4n) is 4.85. The number of aldehydes is 1. The van der Waals surface area contributed by atoms with Crippen LogP contribution in [0.4, 0.5) is 0 Å². The Morgan fingerprint density at radius 2 is 1.55 bits per heavy atom. The number of allylic oxidation sites excluding steroid dienone is 1. The predicted octanol–water partition coefficient (Wildman–Crippen LogP) is 7.31. The van der Waals surface area contributed by atoms with Crippen molar-refractivity contribution in [3.8, 4) is 0 Å². The SMILES string of the molecule is CC/C(=C(/c1ccc(C=O)cc1)c1ccc2c(cnn2PI)c1)c1ccc(B2OC(C)(C)C(C)(C)O2)cc1. The third-order valence-electron chi connectivity index (χ3n) is 7.71. The quantitative estimate of drug-likeness (QED) is 0.0703. The molecule has 1 aromatic heterocycles. The zero-order chi connectivity index (χ0) is 27.1. The highest BCUT2D eigenvalue weighted by Crippen LogP contribution is 2.38. The summed E-state index contributed by atoms with van der Waals surface area (Å²) in [6.07, 6.45) is 4.20. The van der Waals surface area contributed by atoms with Gasteiger partial charge in [-0.2, -0.15) is 5.10 Å². The summed E-state index contributed by atoms with van der Waals surface area (Å²) in [5.41, 5.74) is 7.77. The number of hydrogen-bond donors (Lipinski definition) is 0. The van der Waals surface area contributed by atoms with E-state index in [0.29, 0.717) is 11.9 Å². The maximum atomic E-state index is 11.3. The average molecular weight is 636 g/mol. The number of nitrogens with zero attached hydrogens (tertiary/aromatic N) is 2. The Balaban J connectivity index is 1.61. The second-order valence-corrected chi connectivity index (χ2v) is 12.6. The standard InChI is InChI=1S/C30H31BIN2O3P/c1-6-26(21-11-14-25(15-12-21)31-36-29(2,3)30(4,5)37-31)28(22-9-7-20(19-35)8-10-22)23-13-16-27-24(17-23)18-33-34(27)38-32/h7-19,38H,6H2,1-5H3/b28-26+. The molecule has 1 fully saturated rings. The van der Waals surface area contributed by atoms with E-state index in [4.69, 9.17) is 9.31 Å². The summed E-state index contributed by atoms with van der Waals surface area (Å²) >= 11 is 2.35. The zero-order valence-electron chi connectivity index (χ0n) is 22.3. The molecule has 194 valence electrons. The molecule has 5 rings (SSSR count). The molecule has 38 heavy (non-hydrogen) atoms. The molecular formula is C30H31BIN2O3P. The molecule has 0 bridgehead atoms. The van der Waals surface area contributed by atoms with Crippen molar-refractivity contribution in [3.63, 3.8) is 0 Å². The number of aromatic nitrogens is 2. The Hall–Kier alpha value is -2.32. The van der Waals surface area contributed by atoms with Gasteiger partial charge in [0.25, 0.3) is 0 Å². The topological polar surface area (TPSA) is 53.4 Å². The van der Waals surface area contributed by atoms with Crippen LogP contribution < -0.4 is 5.46 Å². The lowest BCUT2D eigenvalue weighted by Gasteiger charge is -2.32. The lowest BCUT2D eigenvalue weighted by molar-refractivity contribution is 0.00578. The molecule has 0 N–H and O–H groups in total. The van der Waals surface area contributed by atoms with Crippen LogP contribution in [0.1, 0.15) is 68.1 Å². The fraction of sp³-hybridized carbons (Fsp3) is 0.267. The minimum Gasteiger partial charge on any atom is -0.399 e. The van der Waals surface area contributed by atoms with Crippen molar-refractivity contribution >= 4 is 69.3 Å². The highest BCUT2D eigenvalue weighted by molar-refractivity contribution is 14.2. The van der Waals surface area contributed by atoms with E-state index >= 15 is 0 Å². The molecule has 8 heteroatoms. The normalized spacial score (nSPS) is 17.4. The van der Waals surface area contributed by atoms with Gasteiger partial charge in [0.15, 0.2) is 0 Å². The maximum absolute atomic E-state index is 11.3. The number of rotatable bonds is 7. The molecule has 1 aliphatic heterocycles. The Labute approximate surface area is 239 Å². The van der Waals surface area contributed by atoms with Gasteiger partial charge in [0.05, 0.1) is 29.3 Å². The summed E-state index contributed by atoms with van der Waals surface area (Å²) in [6, 6.07) is 22.9. The molecule has 5 nitrogen and oxygen atoms in total. The first kappa shape index (κ1) is 27.3. The summed E-state index contributed by atoms with van der Waals surface area (Å²) in [5.74, 6) is 0. The highest BCUT2D eigenvalue weighted by atomic mass is 127. The van der Waals surface area contributed by atoms with E-state index in [2.05, 4.69) is 104 Å². The van der Waals surface area contributed by atoms with Crippen molar-refractivity contribution in [1.29, 1.82) is 0 Å². The lowest BCUT2D eigenvalue weighted by atomic mass is 9.78. The van der Waals surface area contributed by atoms with E-state index < -0.39 is 7.12 Å². The molecule has 0 radical (unpaired) electrons. The van der Waals surface area contributed by atoms with Crippen molar-refractivity contribution < 1.29 is 14.1 Å². The maximum Gasteiger partial charge on any atom is 0.494 e. The fourth-order valence-corrected chi connectivity index (χ4v) is 6.39. The monoisotopic (exact) mass is 636 g/mol. The summed E-state index contributed by atoms with van der Waals surface area (Å²) in [7, 11) is -0.393. The average Bonchev–Trinajstić information content (AvgIpc) is 3.43. The van der Waals surface area contributed by atoms with E-state index in [9.17, 15) is 4.79 Å². The first-order valence-corrected chi connectivity index (χ1v) is 16.8. The molecule has 4 aromatic rings. The van der Waals surface area contributed by atoms with Gasteiger partial charge >= 0.3 is 7.12 Å². The van der Waals surface area contributed by atoms with Gasteiger partial charge in [-0.1, -0.05) is 61.5 Å². The van der Waals surface area contributed by atoms with Gasteiger partial charge in [-0.25, -0.2) is 4.45 Å². The smallest absolute Gasteiger partial charge is 0.399 e. The number of carbonyl (C=O) groups is 1. The molecule has 2 heterocycles. The first-order chi connectivity index (χ1) is 18.2. The molecule has 0 aliphatic carbocycles. The molecule has 1 unspecified atom stereocenters. The van der Waals surface area contributed by atoms with Gasteiger partial charge in [0.2, 0.25) is 0 Å². The van der Waals surface area contributed by atoms with E-state index in [1.165, 1.54) is 5.57 Å². The minimum atomic E-state index is -0.393. The summed E-state index contributed by atoms with van der Waals surface area (Å²) in [4.78, 5) is 11.3. The van der Waals surface area contributed by atoms with Crippen LogP contribution in [0.2, 0.25) is 0 Å². The van der Waals surface area contributed by atoms with Crippen LogP contribution in [0.5, 0.6) is 0 Å². The van der Waals surface area contributed by atoms with Crippen LogP contribution in [-0.4, -0.2) is 34.2 Å². The Morgan fingerprint density at radius 3 is 2.13 bits per heavy atom. The van der Waals surface area contributed by atoms with Gasteiger partial charge < -0.3 is 9.31 Å². The van der Waals surface area contributed by atoms with E-state index in [1.807, 2.05) is 34.9 Å². The summed E-state index contributed by atoms with van der Waals surface area (Å²) in [5, 5.41) is 5.65. The van der Waals surface area contributed by atoms with Crippen LogP contribution in [0.15, 0.2) is 72.9 Å². The third-order valence-corrected chi connectivity index (χ3v) is 9.60. The molecular weight excluding hydrogens is 605 g/mol. The summed E-state index contributed by atoms with van der Waals surface area (Å²) in [6.45, 7) is 10.5. The van der Waals surface area contributed by atoms with Crippen molar-refractivity contribution in [2.75, 3.05) is 0 Å². The molecule has 0 amide bonds. The first-order valence-electron chi connectivity index (χ1n) is 12.8. The highest BCUT2D eigenvalue weighted by Gasteiger charge is 2.51. The molecule has 0 spiro atoms. The van der Waals surface area contributed by atoms with Crippen molar-refractivity contribution in [2.45, 2.75) is 52.2 Å². The number of hydrogen-bond acceptors (Lipinski definition) is 4. The van der Waals surface area contributed by atoms with Gasteiger partial charge in [-0.05, 0) is 102 Å².